The second-order valence-corrected chi connectivity index (χ2v) is 6.49. The van der Waals surface area contributed by atoms with E-state index in [1.165, 1.54) is 18.7 Å². The number of nitrogens with zero attached hydrogens (tertiary/aromatic N) is 4. The van der Waals surface area contributed by atoms with Crippen molar-refractivity contribution in [3.8, 4) is 17.0 Å². The molecule has 7 heteroatoms. The van der Waals surface area contributed by atoms with Crippen molar-refractivity contribution in [2.24, 2.45) is 4.99 Å². The molecule has 28 heavy (non-hydrogen) atoms. The Kier molecular flexibility index (Phi) is 3.79. The summed E-state index contributed by atoms with van der Waals surface area (Å²) in [5.41, 5.74) is 4.95. The van der Waals surface area contributed by atoms with Gasteiger partial charge >= 0.3 is 0 Å². The number of benzene rings is 2. The van der Waals surface area contributed by atoms with Gasteiger partial charge in [-0.25, -0.2) is 14.4 Å². The largest absolute Gasteiger partial charge is 0.497 e. The minimum atomic E-state index is -0.425. The monoisotopic (exact) mass is 373 g/mol. The van der Waals surface area contributed by atoms with Gasteiger partial charge in [0.05, 0.1) is 25.0 Å². The lowest BCUT2D eigenvalue weighted by atomic mass is 10.0. The molecule has 0 aliphatic carbocycles. The van der Waals surface area contributed by atoms with E-state index in [-0.39, 0.29) is 0 Å². The van der Waals surface area contributed by atoms with Crippen molar-refractivity contribution in [1.82, 2.24) is 14.4 Å². The highest BCUT2D eigenvalue weighted by Gasteiger charge is 2.14. The number of anilines is 2. The van der Waals surface area contributed by atoms with Crippen LogP contribution in [-0.4, -0.2) is 27.7 Å². The summed E-state index contributed by atoms with van der Waals surface area (Å²) in [5, 5.41) is 3.07. The SMILES string of the molecule is COc1ccc(Nc2nc(-c3ccc4c(c3)CN=C4)cn3ccnc23)c(F)c1. The third kappa shape index (κ3) is 2.77. The smallest absolute Gasteiger partial charge is 0.180 e. The van der Waals surface area contributed by atoms with E-state index in [1.54, 1.807) is 18.3 Å². The first-order chi connectivity index (χ1) is 13.7. The van der Waals surface area contributed by atoms with Crippen LogP contribution in [0, 0.1) is 5.82 Å². The molecule has 0 saturated heterocycles. The maximum absolute atomic E-state index is 14.4. The lowest BCUT2D eigenvalue weighted by Crippen LogP contribution is -2.02. The summed E-state index contributed by atoms with van der Waals surface area (Å²) in [7, 11) is 1.50. The van der Waals surface area contributed by atoms with Crippen LogP contribution >= 0.6 is 0 Å². The molecule has 1 N–H and O–H groups in total. The first-order valence-corrected chi connectivity index (χ1v) is 8.79. The van der Waals surface area contributed by atoms with Gasteiger partial charge in [0.15, 0.2) is 11.5 Å². The summed E-state index contributed by atoms with van der Waals surface area (Å²) in [4.78, 5) is 13.4. The Balaban J connectivity index is 1.58. The molecule has 1 aliphatic heterocycles. The maximum atomic E-state index is 14.4. The van der Waals surface area contributed by atoms with Crippen LogP contribution in [0.1, 0.15) is 11.1 Å². The molecule has 2 aromatic heterocycles. The Morgan fingerprint density at radius 3 is 2.96 bits per heavy atom. The molecule has 138 valence electrons. The average molecular weight is 373 g/mol. The summed E-state index contributed by atoms with van der Waals surface area (Å²) >= 11 is 0. The standard InChI is InChI=1S/C21H16FN5O/c1-28-16-4-5-18(17(22)9-16)25-20-21-24-6-7-27(21)12-19(26-20)13-2-3-14-10-23-11-15(14)8-13/h2-10,12H,11H2,1H3,(H,25,26). The van der Waals surface area contributed by atoms with Gasteiger partial charge in [-0.3, -0.25) is 4.99 Å². The van der Waals surface area contributed by atoms with Gasteiger partial charge in [0.2, 0.25) is 0 Å². The number of methoxy groups -OCH3 is 1. The van der Waals surface area contributed by atoms with Gasteiger partial charge in [-0.2, -0.15) is 0 Å². The van der Waals surface area contributed by atoms with E-state index in [4.69, 9.17) is 9.72 Å². The normalized spacial score (nSPS) is 12.4. The number of hydrogen-bond acceptors (Lipinski definition) is 5. The highest BCUT2D eigenvalue weighted by molar-refractivity contribution is 5.86. The quantitative estimate of drug-likeness (QED) is 0.582. The lowest BCUT2D eigenvalue weighted by molar-refractivity contribution is 0.411. The number of hydrogen-bond donors (Lipinski definition) is 1. The molecule has 0 unspecified atom stereocenters. The van der Waals surface area contributed by atoms with Crippen molar-refractivity contribution >= 4 is 23.4 Å². The van der Waals surface area contributed by atoms with Crippen molar-refractivity contribution in [2.45, 2.75) is 6.54 Å². The van der Waals surface area contributed by atoms with Crippen LogP contribution in [0.3, 0.4) is 0 Å². The molecule has 0 fully saturated rings. The molecule has 2 aromatic carbocycles. The highest BCUT2D eigenvalue weighted by Crippen LogP contribution is 2.29. The van der Waals surface area contributed by atoms with Crippen molar-refractivity contribution in [3.63, 3.8) is 0 Å². The zero-order valence-corrected chi connectivity index (χ0v) is 15.1. The number of fused-ring (bicyclic) bond motifs is 2. The fourth-order valence-corrected chi connectivity index (χ4v) is 3.28. The molecule has 6 nitrogen and oxygen atoms in total. The molecule has 4 aromatic rings. The third-order valence-corrected chi connectivity index (χ3v) is 4.73. The van der Waals surface area contributed by atoms with Crippen LogP contribution in [0.4, 0.5) is 15.9 Å². The Bertz CT molecular complexity index is 1230. The van der Waals surface area contributed by atoms with Gasteiger partial charge < -0.3 is 14.5 Å². The molecule has 1 aliphatic rings. The molecule has 0 amide bonds. The second-order valence-electron chi connectivity index (χ2n) is 6.49. The van der Waals surface area contributed by atoms with Gasteiger partial charge in [0, 0.05) is 36.4 Å². The zero-order chi connectivity index (χ0) is 19.1. The molecule has 3 heterocycles. The number of halogens is 1. The number of ether oxygens (including phenoxy) is 1. The molecule has 5 rings (SSSR count). The molecule has 0 saturated carbocycles. The van der Waals surface area contributed by atoms with Gasteiger partial charge in [0.1, 0.15) is 11.6 Å². The minimum absolute atomic E-state index is 0.303. The fraction of sp³-hybridized carbons (Fsp3) is 0.0952. The molecular formula is C21H16FN5O. The number of rotatable bonds is 4. The van der Waals surface area contributed by atoms with Crippen LogP contribution in [0.5, 0.6) is 5.75 Å². The summed E-state index contributed by atoms with van der Waals surface area (Å²) in [6.45, 7) is 0.679. The van der Waals surface area contributed by atoms with E-state index in [9.17, 15) is 4.39 Å². The van der Waals surface area contributed by atoms with Crippen molar-refractivity contribution in [2.75, 3.05) is 12.4 Å². The molecule has 0 spiro atoms. The number of aromatic nitrogens is 3. The van der Waals surface area contributed by atoms with Gasteiger partial charge in [-0.1, -0.05) is 12.1 Å². The van der Waals surface area contributed by atoms with Crippen LogP contribution in [-0.2, 0) is 6.54 Å². The Morgan fingerprint density at radius 2 is 2.11 bits per heavy atom. The number of nitrogens with one attached hydrogen (secondary N) is 1. The highest BCUT2D eigenvalue weighted by atomic mass is 19.1. The summed E-state index contributed by atoms with van der Waals surface area (Å²) in [5.74, 6) is 0.505. The van der Waals surface area contributed by atoms with E-state index >= 15 is 0 Å². The fourth-order valence-electron chi connectivity index (χ4n) is 3.28. The van der Waals surface area contributed by atoms with Gasteiger partial charge in [-0.15, -0.1) is 0 Å². The van der Waals surface area contributed by atoms with Crippen molar-refractivity contribution in [3.05, 3.63) is 71.9 Å². The van der Waals surface area contributed by atoms with Crippen molar-refractivity contribution < 1.29 is 9.13 Å². The molecular weight excluding hydrogens is 357 g/mol. The first kappa shape index (κ1) is 16.4. The van der Waals surface area contributed by atoms with E-state index in [2.05, 4.69) is 21.4 Å². The average Bonchev–Trinajstić information content (AvgIpc) is 3.37. The third-order valence-electron chi connectivity index (χ3n) is 4.73. The topological polar surface area (TPSA) is 63.8 Å². The van der Waals surface area contributed by atoms with Crippen LogP contribution in [0.15, 0.2) is 60.0 Å². The Labute approximate surface area is 160 Å². The Morgan fingerprint density at radius 1 is 1.18 bits per heavy atom. The van der Waals surface area contributed by atoms with E-state index < -0.39 is 5.82 Å². The zero-order valence-electron chi connectivity index (χ0n) is 15.1. The molecule has 0 bridgehead atoms. The predicted molar refractivity (Wildman–Crippen MR) is 106 cm³/mol. The van der Waals surface area contributed by atoms with Crippen molar-refractivity contribution in [1.29, 1.82) is 0 Å². The summed E-state index contributed by atoms with van der Waals surface area (Å²) in [6.07, 6.45) is 7.32. The van der Waals surface area contributed by atoms with E-state index in [0.717, 1.165) is 16.8 Å². The van der Waals surface area contributed by atoms with Crippen LogP contribution < -0.4 is 10.1 Å². The molecule has 0 atom stereocenters. The van der Waals surface area contributed by atoms with E-state index in [0.29, 0.717) is 29.4 Å². The van der Waals surface area contributed by atoms with Gasteiger partial charge in [-0.05, 0) is 29.3 Å². The second kappa shape index (κ2) is 6.45. The van der Waals surface area contributed by atoms with Crippen LogP contribution in [0.25, 0.3) is 16.9 Å². The predicted octanol–water partition coefficient (Wildman–Crippen LogP) is 4.22. The summed E-state index contributed by atoms with van der Waals surface area (Å²) in [6, 6.07) is 10.8. The number of imidazole rings is 1. The summed E-state index contributed by atoms with van der Waals surface area (Å²) < 4.78 is 21.3. The van der Waals surface area contributed by atoms with Crippen LogP contribution in [0.2, 0.25) is 0 Å². The molecule has 0 radical (unpaired) electrons. The van der Waals surface area contributed by atoms with E-state index in [1.807, 2.05) is 35.1 Å². The Hall–Kier alpha value is -3.74. The number of aliphatic imine (C=N–C) groups is 1. The lowest BCUT2D eigenvalue weighted by Gasteiger charge is -2.12. The minimum Gasteiger partial charge on any atom is -0.497 e. The van der Waals surface area contributed by atoms with Gasteiger partial charge in [0.25, 0.3) is 0 Å². The first-order valence-electron chi connectivity index (χ1n) is 8.79. The maximum Gasteiger partial charge on any atom is 0.180 e.